The van der Waals surface area contributed by atoms with E-state index in [0.717, 1.165) is 29.3 Å². The zero-order valence-electron chi connectivity index (χ0n) is 14.6. The molecule has 25 heavy (non-hydrogen) atoms. The van der Waals surface area contributed by atoms with Crippen molar-refractivity contribution in [1.82, 2.24) is 19.7 Å². The van der Waals surface area contributed by atoms with Crippen molar-refractivity contribution in [3.63, 3.8) is 0 Å². The molecule has 1 saturated carbocycles. The first kappa shape index (κ1) is 16.9. The van der Waals surface area contributed by atoms with Crippen LogP contribution in [0.2, 0.25) is 0 Å². The van der Waals surface area contributed by atoms with Crippen LogP contribution < -0.4 is 10.6 Å². The van der Waals surface area contributed by atoms with E-state index < -0.39 is 0 Å². The van der Waals surface area contributed by atoms with Gasteiger partial charge in [-0.1, -0.05) is 0 Å². The molecule has 0 aromatic carbocycles. The molecule has 0 amide bonds. The zero-order valence-corrected chi connectivity index (χ0v) is 16.2. The average Bonchev–Trinajstić information content (AvgIpc) is 3.24. The Morgan fingerprint density at radius 3 is 2.68 bits per heavy atom. The van der Waals surface area contributed by atoms with Crippen LogP contribution in [-0.4, -0.2) is 33.5 Å². The van der Waals surface area contributed by atoms with Crippen molar-refractivity contribution in [2.45, 2.75) is 51.1 Å². The molecule has 0 atom stereocenters. The number of fused-ring (bicyclic) bond motifs is 1. The van der Waals surface area contributed by atoms with E-state index in [4.69, 9.17) is 9.97 Å². The molecule has 4 rings (SSSR count). The summed E-state index contributed by atoms with van der Waals surface area (Å²) in [6.07, 6.45) is 5.57. The minimum atomic E-state index is 0.503. The van der Waals surface area contributed by atoms with Gasteiger partial charge in [0.05, 0.1) is 15.9 Å². The fourth-order valence-corrected chi connectivity index (χ4v) is 4.98. The molecular formula is C18H23N5S2. The maximum Gasteiger partial charge on any atom is 0.148 e. The number of aromatic nitrogens is 3. The molecule has 0 saturated heterocycles. The van der Waals surface area contributed by atoms with Gasteiger partial charge in [-0.05, 0) is 68.7 Å². The van der Waals surface area contributed by atoms with E-state index in [1.807, 2.05) is 6.92 Å². The predicted molar refractivity (Wildman–Crippen MR) is 106 cm³/mol. The van der Waals surface area contributed by atoms with Crippen molar-refractivity contribution in [2.24, 2.45) is 0 Å². The van der Waals surface area contributed by atoms with Crippen molar-refractivity contribution in [2.75, 3.05) is 12.4 Å². The van der Waals surface area contributed by atoms with Crippen molar-refractivity contribution in [1.29, 1.82) is 0 Å². The predicted octanol–water partition coefficient (Wildman–Crippen LogP) is 3.99. The number of nitrogens with one attached hydrogen (secondary N) is 2. The van der Waals surface area contributed by atoms with Crippen LogP contribution in [0, 0.1) is 6.92 Å². The van der Waals surface area contributed by atoms with Crippen LogP contribution in [0.25, 0.3) is 10.2 Å². The van der Waals surface area contributed by atoms with Crippen LogP contribution in [0.5, 0.6) is 0 Å². The minimum Gasteiger partial charge on any atom is -0.366 e. The standard InChI is InChI=1S/C18H23N5S2/c1-11-9-14(25-23-11)10-16-21-15-7-8-24-17(15)18(22-16)20-13-5-3-12(19-2)4-6-13/h7-9,12-13,19H,3-6,10H2,1-2H3,(H,20,21,22). The largest absolute Gasteiger partial charge is 0.366 e. The molecule has 3 aromatic heterocycles. The number of rotatable bonds is 5. The third-order valence-corrected chi connectivity index (χ3v) is 6.62. The van der Waals surface area contributed by atoms with E-state index in [9.17, 15) is 0 Å². The van der Waals surface area contributed by atoms with Gasteiger partial charge in [0.2, 0.25) is 0 Å². The van der Waals surface area contributed by atoms with Gasteiger partial charge in [0.15, 0.2) is 0 Å². The zero-order chi connectivity index (χ0) is 17.2. The molecule has 1 aliphatic carbocycles. The van der Waals surface area contributed by atoms with Crippen LogP contribution in [-0.2, 0) is 6.42 Å². The lowest BCUT2D eigenvalue weighted by Crippen LogP contribution is -2.35. The van der Waals surface area contributed by atoms with Crippen LogP contribution in [0.1, 0.15) is 42.1 Å². The summed E-state index contributed by atoms with van der Waals surface area (Å²) >= 11 is 3.26. The van der Waals surface area contributed by atoms with Crippen LogP contribution >= 0.6 is 22.9 Å². The highest BCUT2D eigenvalue weighted by molar-refractivity contribution is 7.17. The van der Waals surface area contributed by atoms with Gasteiger partial charge in [0, 0.05) is 23.4 Å². The van der Waals surface area contributed by atoms with Crippen molar-refractivity contribution in [3.05, 3.63) is 33.9 Å². The average molecular weight is 374 g/mol. The third kappa shape index (κ3) is 3.83. The molecule has 132 valence electrons. The first-order chi connectivity index (χ1) is 12.2. The quantitative estimate of drug-likeness (QED) is 0.708. The van der Waals surface area contributed by atoms with Crippen LogP contribution in [0.15, 0.2) is 17.5 Å². The Kier molecular flexibility index (Phi) is 4.96. The Bertz CT molecular complexity index is 848. The first-order valence-corrected chi connectivity index (χ1v) is 10.5. The van der Waals surface area contributed by atoms with Gasteiger partial charge in [0.1, 0.15) is 11.6 Å². The summed E-state index contributed by atoms with van der Waals surface area (Å²) in [7, 11) is 2.06. The lowest BCUT2D eigenvalue weighted by Gasteiger charge is -2.29. The fraction of sp³-hybridized carbons (Fsp3) is 0.500. The van der Waals surface area contributed by atoms with Gasteiger partial charge in [-0.15, -0.1) is 11.3 Å². The number of anilines is 1. The Hall–Kier alpha value is -1.57. The second kappa shape index (κ2) is 7.35. The van der Waals surface area contributed by atoms with Gasteiger partial charge >= 0.3 is 0 Å². The molecule has 5 nitrogen and oxygen atoms in total. The number of thiophene rings is 1. The van der Waals surface area contributed by atoms with Gasteiger partial charge in [0.25, 0.3) is 0 Å². The Morgan fingerprint density at radius 2 is 1.96 bits per heavy atom. The minimum absolute atomic E-state index is 0.503. The molecule has 3 heterocycles. The number of aryl methyl sites for hydroxylation is 1. The van der Waals surface area contributed by atoms with Gasteiger partial charge in [-0.2, -0.15) is 4.37 Å². The summed E-state index contributed by atoms with van der Waals surface area (Å²) in [5.41, 5.74) is 2.11. The molecular weight excluding hydrogens is 350 g/mol. The normalized spacial score (nSPS) is 20.9. The van der Waals surface area contributed by atoms with Crippen molar-refractivity contribution < 1.29 is 0 Å². The summed E-state index contributed by atoms with van der Waals surface area (Å²) in [6, 6.07) is 5.38. The molecule has 0 bridgehead atoms. The molecule has 0 spiro atoms. The Balaban J connectivity index is 1.56. The van der Waals surface area contributed by atoms with E-state index in [2.05, 4.69) is 39.6 Å². The fourth-order valence-electron chi connectivity index (χ4n) is 3.46. The second-order valence-electron chi connectivity index (χ2n) is 6.72. The first-order valence-electron chi connectivity index (χ1n) is 8.81. The molecule has 7 heteroatoms. The summed E-state index contributed by atoms with van der Waals surface area (Å²) in [6.45, 7) is 2.03. The third-order valence-electron chi connectivity index (χ3n) is 4.84. The smallest absolute Gasteiger partial charge is 0.148 e. The highest BCUT2D eigenvalue weighted by atomic mass is 32.1. The summed E-state index contributed by atoms with van der Waals surface area (Å²) < 4.78 is 5.53. The van der Waals surface area contributed by atoms with E-state index in [1.54, 1.807) is 22.9 Å². The van der Waals surface area contributed by atoms with Gasteiger partial charge in [-0.25, -0.2) is 9.97 Å². The summed E-state index contributed by atoms with van der Waals surface area (Å²) in [5, 5.41) is 9.20. The topological polar surface area (TPSA) is 62.7 Å². The molecule has 2 N–H and O–H groups in total. The maximum atomic E-state index is 4.86. The number of hydrogen-bond donors (Lipinski definition) is 2. The SMILES string of the molecule is CNC1CCC(Nc2nc(Cc3cc(C)ns3)nc3ccsc23)CC1. The second-order valence-corrected chi connectivity index (χ2v) is 8.52. The van der Waals surface area contributed by atoms with Crippen LogP contribution in [0.4, 0.5) is 5.82 Å². The number of nitrogens with zero attached hydrogens (tertiary/aromatic N) is 3. The van der Waals surface area contributed by atoms with Crippen molar-refractivity contribution in [3.8, 4) is 0 Å². The van der Waals surface area contributed by atoms with Crippen molar-refractivity contribution >= 4 is 38.9 Å². The van der Waals surface area contributed by atoms with Crippen LogP contribution in [0.3, 0.4) is 0 Å². The monoisotopic (exact) mass is 373 g/mol. The molecule has 0 unspecified atom stereocenters. The Labute approximate surface area is 156 Å². The molecule has 0 aliphatic heterocycles. The van der Waals surface area contributed by atoms with Gasteiger partial charge in [-0.3, -0.25) is 0 Å². The molecule has 3 aromatic rings. The van der Waals surface area contributed by atoms with Gasteiger partial charge < -0.3 is 10.6 Å². The highest BCUT2D eigenvalue weighted by Gasteiger charge is 2.21. The number of hydrogen-bond acceptors (Lipinski definition) is 7. The highest BCUT2D eigenvalue weighted by Crippen LogP contribution is 2.30. The summed E-state index contributed by atoms with van der Waals surface area (Å²) in [5.74, 6) is 1.88. The lowest BCUT2D eigenvalue weighted by molar-refractivity contribution is 0.371. The molecule has 0 radical (unpaired) electrons. The van der Waals surface area contributed by atoms with E-state index >= 15 is 0 Å². The lowest BCUT2D eigenvalue weighted by atomic mass is 9.91. The summed E-state index contributed by atoms with van der Waals surface area (Å²) in [4.78, 5) is 10.8. The molecule has 1 fully saturated rings. The van der Waals surface area contributed by atoms with E-state index in [0.29, 0.717) is 12.1 Å². The van der Waals surface area contributed by atoms with E-state index in [1.165, 1.54) is 35.3 Å². The van der Waals surface area contributed by atoms with E-state index in [-0.39, 0.29) is 0 Å². The molecule has 1 aliphatic rings. The Morgan fingerprint density at radius 1 is 1.16 bits per heavy atom. The maximum absolute atomic E-state index is 4.86.